The fourth-order valence-corrected chi connectivity index (χ4v) is 2.88. The normalized spacial score (nSPS) is 12.2. The maximum Gasteiger partial charge on any atom is 0.339 e. The second-order valence-corrected chi connectivity index (χ2v) is 6.86. The van der Waals surface area contributed by atoms with Gasteiger partial charge in [-0.2, -0.15) is 0 Å². The first kappa shape index (κ1) is 20.6. The summed E-state index contributed by atoms with van der Waals surface area (Å²) in [5.41, 5.74) is 0.498. The van der Waals surface area contributed by atoms with Crippen molar-refractivity contribution in [1.82, 2.24) is 15.4 Å². The van der Waals surface area contributed by atoms with Crippen molar-refractivity contribution in [1.29, 1.82) is 0 Å². The molecule has 0 heterocycles. The number of nitrogens with one attached hydrogen (secondary N) is 3. The fraction of sp³-hybridized carbons (Fsp3) is 0.400. The summed E-state index contributed by atoms with van der Waals surface area (Å²) in [7, 11) is -2.40. The molecule has 138 valence electrons. The van der Waals surface area contributed by atoms with Gasteiger partial charge >= 0.3 is 12.0 Å². The van der Waals surface area contributed by atoms with Crippen LogP contribution < -0.4 is 15.4 Å². The maximum absolute atomic E-state index is 12.3. The minimum Gasteiger partial charge on any atom is -0.449 e. The van der Waals surface area contributed by atoms with E-state index in [9.17, 15) is 22.8 Å². The van der Waals surface area contributed by atoms with Crippen LogP contribution in [0.15, 0.2) is 23.1 Å². The van der Waals surface area contributed by atoms with E-state index in [1.54, 1.807) is 13.8 Å². The molecule has 1 rings (SSSR count). The van der Waals surface area contributed by atoms with Gasteiger partial charge in [-0.25, -0.2) is 22.7 Å². The van der Waals surface area contributed by atoms with Crippen LogP contribution in [0.4, 0.5) is 4.79 Å². The SMILES string of the molecule is CCNS(=O)(=O)c1ccc(C)c(C(=O)OC(C)C(=O)NC(=O)NC)c1. The highest BCUT2D eigenvalue weighted by Gasteiger charge is 2.23. The average Bonchev–Trinajstić information content (AvgIpc) is 2.54. The Hall–Kier alpha value is -2.46. The predicted molar refractivity (Wildman–Crippen MR) is 89.5 cm³/mol. The van der Waals surface area contributed by atoms with Crippen LogP contribution in [0.1, 0.15) is 29.8 Å². The molecule has 25 heavy (non-hydrogen) atoms. The van der Waals surface area contributed by atoms with E-state index in [0.29, 0.717) is 5.56 Å². The molecule has 0 aliphatic rings. The summed E-state index contributed by atoms with van der Waals surface area (Å²) >= 11 is 0. The number of esters is 1. The topological polar surface area (TPSA) is 131 Å². The smallest absolute Gasteiger partial charge is 0.339 e. The molecule has 9 nitrogen and oxygen atoms in total. The number of rotatable bonds is 6. The van der Waals surface area contributed by atoms with Crippen LogP contribution in [0, 0.1) is 6.92 Å². The van der Waals surface area contributed by atoms with Crippen molar-refractivity contribution in [2.75, 3.05) is 13.6 Å². The lowest BCUT2D eigenvalue weighted by Gasteiger charge is -2.14. The Morgan fingerprint density at radius 3 is 2.44 bits per heavy atom. The first-order chi connectivity index (χ1) is 11.6. The van der Waals surface area contributed by atoms with Crippen LogP contribution in [0.2, 0.25) is 0 Å². The largest absolute Gasteiger partial charge is 0.449 e. The van der Waals surface area contributed by atoms with Crippen molar-refractivity contribution in [2.45, 2.75) is 31.8 Å². The van der Waals surface area contributed by atoms with Crippen molar-refractivity contribution in [3.8, 4) is 0 Å². The Morgan fingerprint density at radius 2 is 1.88 bits per heavy atom. The molecule has 0 aromatic heterocycles. The minimum absolute atomic E-state index is 0.0126. The number of amides is 3. The summed E-state index contributed by atoms with van der Waals surface area (Å²) in [6.45, 7) is 4.74. The number of ether oxygens (including phenoxy) is 1. The van der Waals surface area contributed by atoms with Crippen LogP contribution in [0.25, 0.3) is 0 Å². The highest BCUT2D eigenvalue weighted by atomic mass is 32.2. The Labute approximate surface area is 146 Å². The average molecular weight is 371 g/mol. The highest BCUT2D eigenvalue weighted by molar-refractivity contribution is 7.89. The summed E-state index contributed by atoms with van der Waals surface area (Å²) in [4.78, 5) is 35.0. The lowest BCUT2D eigenvalue weighted by molar-refractivity contribution is -0.127. The van der Waals surface area contributed by atoms with Gasteiger partial charge in [0.1, 0.15) is 0 Å². The quantitative estimate of drug-likeness (QED) is 0.616. The molecule has 1 unspecified atom stereocenters. The van der Waals surface area contributed by atoms with E-state index in [1.165, 1.54) is 32.2 Å². The molecule has 0 aliphatic carbocycles. The Balaban J connectivity index is 2.98. The molecular weight excluding hydrogens is 350 g/mol. The summed E-state index contributed by atoms with van der Waals surface area (Å²) < 4.78 is 31.4. The number of carbonyl (C=O) groups excluding carboxylic acids is 3. The van der Waals surface area contributed by atoms with Crippen molar-refractivity contribution in [2.24, 2.45) is 0 Å². The number of aryl methyl sites for hydroxylation is 1. The van der Waals surface area contributed by atoms with E-state index >= 15 is 0 Å². The van der Waals surface area contributed by atoms with E-state index in [-0.39, 0.29) is 17.0 Å². The molecule has 3 N–H and O–H groups in total. The Bertz CT molecular complexity index is 775. The first-order valence-corrected chi connectivity index (χ1v) is 8.94. The molecule has 0 saturated carbocycles. The fourth-order valence-electron chi connectivity index (χ4n) is 1.82. The third-order valence-electron chi connectivity index (χ3n) is 3.19. The van der Waals surface area contributed by atoms with E-state index < -0.39 is 34.0 Å². The van der Waals surface area contributed by atoms with Crippen LogP contribution >= 0.6 is 0 Å². The molecule has 1 atom stereocenters. The van der Waals surface area contributed by atoms with Gasteiger partial charge in [0, 0.05) is 13.6 Å². The van der Waals surface area contributed by atoms with E-state index in [4.69, 9.17) is 4.74 Å². The van der Waals surface area contributed by atoms with Gasteiger partial charge in [0.25, 0.3) is 5.91 Å². The number of benzene rings is 1. The molecule has 3 amide bonds. The second kappa shape index (κ2) is 8.58. The summed E-state index contributed by atoms with van der Waals surface area (Å²) in [5, 5.41) is 4.18. The van der Waals surface area contributed by atoms with Crippen LogP contribution in [-0.4, -0.2) is 46.0 Å². The molecular formula is C15H21N3O6S. The monoisotopic (exact) mass is 371 g/mol. The van der Waals surface area contributed by atoms with Crippen LogP contribution in [0.3, 0.4) is 0 Å². The van der Waals surface area contributed by atoms with E-state index in [0.717, 1.165) is 0 Å². The predicted octanol–water partition coefficient (Wildman–Crippen LogP) is 0.294. The van der Waals surface area contributed by atoms with E-state index in [1.807, 2.05) is 5.32 Å². The van der Waals surface area contributed by atoms with Gasteiger partial charge in [0.15, 0.2) is 6.10 Å². The molecule has 0 saturated heterocycles. The highest BCUT2D eigenvalue weighted by Crippen LogP contribution is 2.17. The lowest BCUT2D eigenvalue weighted by atomic mass is 10.1. The molecule has 10 heteroatoms. The van der Waals surface area contributed by atoms with Gasteiger partial charge in [-0.1, -0.05) is 13.0 Å². The van der Waals surface area contributed by atoms with Gasteiger partial charge < -0.3 is 10.1 Å². The number of urea groups is 1. The molecule has 0 radical (unpaired) electrons. The molecule has 0 bridgehead atoms. The molecule has 0 aliphatic heterocycles. The van der Waals surface area contributed by atoms with Gasteiger partial charge in [-0.05, 0) is 31.5 Å². The Kier molecular flexibility index (Phi) is 7.07. The second-order valence-electron chi connectivity index (χ2n) is 5.09. The van der Waals surface area contributed by atoms with Crippen LogP contribution in [0.5, 0.6) is 0 Å². The summed E-state index contributed by atoms with van der Waals surface area (Å²) in [6.07, 6.45) is -1.24. The number of imide groups is 1. The molecule has 1 aromatic rings. The number of carbonyl (C=O) groups is 3. The summed E-state index contributed by atoms with van der Waals surface area (Å²) in [5.74, 6) is -1.67. The van der Waals surface area contributed by atoms with Crippen molar-refractivity contribution in [3.05, 3.63) is 29.3 Å². The third-order valence-corrected chi connectivity index (χ3v) is 4.73. The van der Waals surface area contributed by atoms with Gasteiger partial charge in [-0.3, -0.25) is 10.1 Å². The zero-order valence-electron chi connectivity index (χ0n) is 14.4. The maximum atomic E-state index is 12.3. The minimum atomic E-state index is -3.74. The van der Waals surface area contributed by atoms with E-state index in [2.05, 4.69) is 10.0 Å². The van der Waals surface area contributed by atoms with Crippen molar-refractivity contribution in [3.63, 3.8) is 0 Å². The molecule has 0 fully saturated rings. The number of sulfonamides is 1. The first-order valence-electron chi connectivity index (χ1n) is 7.46. The van der Waals surface area contributed by atoms with Crippen LogP contribution in [-0.2, 0) is 19.6 Å². The zero-order valence-corrected chi connectivity index (χ0v) is 15.2. The lowest BCUT2D eigenvalue weighted by Crippen LogP contribution is -2.43. The number of hydrogen-bond donors (Lipinski definition) is 3. The third kappa shape index (κ3) is 5.54. The van der Waals surface area contributed by atoms with Crippen molar-refractivity contribution >= 4 is 27.9 Å². The number of hydrogen-bond acceptors (Lipinski definition) is 6. The van der Waals surface area contributed by atoms with Gasteiger partial charge in [0.2, 0.25) is 10.0 Å². The zero-order chi connectivity index (χ0) is 19.2. The molecule has 1 aromatic carbocycles. The Morgan fingerprint density at radius 1 is 1.24 bits per heavy atom. The van der Waals surface area contributed by atoms with Gasteiger partial charge in [0.05, 0.1) is 10.5 Å². The molecule has 0 spiro atoms. The standard InChI is InChI=1S/C15H21N3O6S/c1-5-17-25(22,23)11-7-6-9(2)12(8-11)14(20)24-10(3)13(19)18-15(21)16-4/h6-8,10,17H,5H2,1-4H3,(H2,16,18,19,21). The van der Waals surface area contributed by atoms with Gasteiger partial charge in [-0.15, -0.1) is 0 Å². The summed E-state index contributed by atoms with van der Waals surface area (Å²) in [6, 6.07) is 3.28. The van der Waals surface area contributed by atoms with Crippen molar-refractivity contribution < 1.29 is 27.5 Å².